The van der Waals surface area contributed by atoms with Gasteiger partial charge in [-0.25, -0.2) is 0 Å². The zero-order valence-corrected chi connectivity index (χ0v) is 26.5. The molecule has 0 bridgehead atoms. The molecule has 0 aromatic heterocycles. The SMILES string of the molecule is CCCCC[C@H](C#C/C=C\CCCCCO[Si](c1ccccc1)(c1ccccc1)C(C)(C)C)OC1CCCCO1. The van der Waals surface area contributed by atoms with Gasteiger partial charge in [0.25, 0.3) is 8.32 Å². The molecule has 0 spiro atoms. The third kappa shape index (κ3) is 10.0. The lowest BCUT2D eigenvalue weighted by atomic mass is 10.1. The van der Waals surface area contributed by atoms with Gasteiger partial charge < -0.3 is 13.9 Å². The van der Waals surface area contributed by atoms with Gasteiger partial charge in [-0.15, -0.1) is 0 Å². The van der Waals surface area contributed by atoms with Gasteiger partial charge in [0, 0.05) is 13.2 Å². The first kappa shape index (κ1) is 32.4. The van der Waals surface area contributed by atoms with Gasteiger partial charge in [-0.3, -0.25) is 0 Å². The van der Waals surface area contributed by atoms with Crippen LogP contribution in [0.1, 0.15) is 98.3 Å². The van der Waals surface area contributed by atoms with Crippen LogP contribution in [0.25, 0.3) is 0 Å². The molecule has 2 aromatic carbocycles. The molecule has 1 fully saturated rings. The fourth-order valence-electron chi connectivity index (χ4n) is 5.57. The van der Waals surface area contributed by atoms with Crippen molar-refractivity contribution < 1.29 is 13.9 Å². The lowest BCUT2D eigenvalue weighted by Gasteiger charge is -2.43. The Balaban J connectivity index is 1.48. The van der Waals surface area contributed by atoms with Crippen LogP contribution in [-0.2, 0) is 13.9 Å². The molecule has 0 N–H and O–H groups in total. The number of hydrogen-bond acceptors (Lipinski definition) is 3. The van der Waals surface area contributed by atoms with E-state index in [2.05, 4.69) is 106 Å². The minimum absolute atomic E-state index is 0.0261. The van der Waals surface area contributed by atoms with Gasteiger partial charge >= 0.3 is 0 Å². The van der Waals surface area contributed by atoms with Crippen LogP contribution in [0, 0.1) is 11.8 Å². The van der Waals surface area contributed by atoms with Crippen LogP contribution >= 0.6 is 0 Å². The number of allylic oxidation sites excluding steroid dienone is 2. The quantitative estimate of drug-likeness (QED) is 0.125. The molecule has 0 amide bonds. The van der Waals surface area contributed by atoms with Crippen molar-refractivity contribution in [2.24, 2.45) is 0 Å². The van der Waals surface area contributed by atoms with Crippen molar-refractivity contribution in [3.8, 4) is 11.8 Å². The summed E-state index contributed by atoms with van der Waals surface area (Å²) < 4.78 is 19.0. The molecule has 3 nitrogen and oxygen atoms in total. The number of unbranched alkanes of at least 4 members (excludes halogenated alkanes) is 5. The monoisotopic (exact) mass is 560 g/mol. The van der Waals surface area contributed by atoms with Crippen LogP contribution in [0.3, 0.4) is 0 Å². The van der Waals surface area contributed by atoms with E-state index in [1.54, 1.807) is 0 Å². The highest BCUT2D eigenvalue weighted by molar-refractivity contribution is 6.99. The van der Waals surface area contributed by atoms with Crippen LogP contribution in [0.2, 0.25) is 5.04 Å². The maximum Gasteiger partial charge on any atom is 0.261 e. The summed E-state index contributed by atoms with van der Waals surface area (Å²) in [5, 5.41) is 2.72. The summed E-state index contributed by atoms with van der Waals surface area (Å²) >= 11 is 0. The molecular weight excluding hydrogens is 508 g/mol. The zero-order valence-electron chi connectivity index (χ0n) is 25.5. The molecule has 4 heteroatoms. The summed E-state index contributed by atoms with van der Waals surface area (Å²) in [6.07, 6.45) is 16.4. The lowest BCUT2D eigenvalue weighted by molar-refractivity contribution is -0.177. The van der Waals surface area contributed by atoms with Crippen molar-refractivity contribution in [2.75, 3.05) is 13.2 Å². The minimum atomic E-state index is -2.43. The van der Waals surface area contributed by atoms with Gasteiger partial charge in [0.1, 0.15) is 6.10 Å². The highest BCUT2D eigenvalue weighted by Crippen LogP contribution is 2.36. The summed E-state index contributed by atoms with van der Waals surface area (Å²) in [4.78, 5) is 0. The summed E-state index contributed by atoms with van der Waals surface area (Å²) in [5.74, 6) is 6.59. The maximum absolute atomic E-state index is 7.01. The van der Waals surface area contributed by atoms with Crippen LogP contribution < -0.4 is 10.4 Å². The van der Waals surface area contributed by atoms with Gasteiger partial charge in [0.2, 0.25) is 0 Å². The molecule has 1 heterocycles. The number of ether oxygens (including phenoxy) is 2. The Kier molecular flexibility index (Phi) is 14.2. The first-order chi connectivity index (χ1) is 19.5. The van der Waals surface area contributed by atoms with Gasteiger partial charge in [0.15, 0.2) is 6.29 Å². The second-order valence-corrected chi connectivity index (χ2v) is 16.3. The molecule has 0 saturated carbocycles. The Bertz CT molecular complexity index is 987. The first-order valence-electron chi connectivity index (χ1n) is 15.7. The van der Waals surface area contributed by atoms with Crippen molar-refractivity contribution >= 4 is 18.7 Å². The highest BCUT2D eigenvalue weighted by Gasteiger charge is 2.49. The Morgan fingerprint density at radius 2 is 1.62 bits per heavy atom. The topological polar surface area (TPSA) is 27.7 Å². The van der Waals surface area contributed by atoms with E-state index in [1.165, 1.54) is 29.6 Å². The molecule has 0 aliphatic carbocycles. The van der Waals surface area contributed by atoms with Crippen molar-refractivity contribution in [2.45, 2.75) is 116 Å². The van der Waals surface area contributed by atoms with Gasteiger partial charge in [0.05, 0.1) is 0 Å². The van der Waals surface area contributed by atoms with E-state index in [0.29, 0.717) is 0 Å². The molecule has 1 aliphatic heterocycles. The molecule has 3 rings (SSSR count). The van der Waals surface area contributed by atoms with E-state index in [9.17, 15) is 0 Å². The smallest absolute Gasteiger partial charge is 0.261 e. The van der Waals surface area contributed by atoms with Crippen molar-refractivity contribution in [3.05, 3.63) is 72.8 Å². The van der Waals surface area contributed by atoms with E-state index in [0.717, 1.165) is 64.6 Å². The van der Waals surface area contributed by atoms with Crippen LogP contribution in [0.15, 0.2) is 72.8 Å². The Morgan fingerprint density at radius 1 is 0.925 bits per heavy atom. The van der Waals surface area contributed by atoms with Gasteiger partial charge in [-0.05, 0) is 72.9 Å². The zero-order chi connectivity index (χ0) is 28.5. The van der Waals surface area contributed by atoms with E-state index < -0.39 is 8.32 Å². The summed E-state index contributed by atoms with van der Waals surface area (Å²) in [6, 6.07) is 21.8. The molecule has 1 aliphatic rings. The standard InChI is InChI=1S/C36H52O3Si/c1-5-6-14-23-32(39-35-29-20-22-30-37-35)24-15-10-8-7-9-11-21-31-38-40(36(2,3)4,33-25-16-12-17-26-33)34-27-18-13-19-28-34/h8,10,12-13,16-19,25-28,32,35H,5-7,9,11,14,20-23,29-31H2,1-4H3/b10-8-/t32-,35?/m1/s1. The fourth-order valence-corrected chi connectivity index (χ4v) is 10.2. The Hall–Kier alpha value is -2.16. The van der Waals surface area contributed by atoms with Crippen molar-refractivity contribution in [1.82, 2.24) is 0 Å². The summed E-state index contributed by atoms with van der Waals surface area (Å²) in [5.41, 5.74) is 0. The van der Waals surface area contributed by atoms with E-state index >= 15 is 0 Å². The average Bonchev–Trinajstić information content (AvgIpc) is 2.97. The van der Waals surface area contributed by atoms with Crippen LogP contribution in [-0.4, -0.2) is 33.9 Å². The molecular formula is C36H52O3Si. The van der Waals surface area contributed by atoms with Crippen molar-refractivity contribution in [3.63, 3.8) is 0 Å². The maximum atomic E-state index is 7.01. The predicted octanol–water partition coefficient (Wildman–Crippen LogP) is 8.18. The first-order valence-corrected chi connectivity index (χ1v) is 17.6. The number of rotatable bonds is 15. The molecule has 1 unspecified atom stereocenters. The van der Waals surface area contributed by atoms with E-state index in [-0.39, 0.29) is 17.4 Å². The molecule has 40 heavy (non-hydrogen) atoms. The van der Waals surface area contributed by atoms with Crippen LogP contribution in [0.4, 0.5) is 0 Å². The predicted molar refractivity (Wildman–Crippen MR) is 172 cm³/mol. The Morgan fingerprint density at radius 3 is 2.23 bits per heavy atom. The number of benzene rings is 2. The molecule has 1 saturated heterocycles. The van der Waals surface area contributed by atoms with E-state index in [4.69, 9.17) is 13.9 Å². The number of hydrogen-bond donors (Lipinski definition) is 0. The normalized spacial score (nSPS) is 16.9. The molecule has 218 valence electrons. The third-order valence-electron chi connectivity index (χ3n) is 7.72. The lowest BCUT2D eigenvalue weighted by Crippen LogP contribution is -2.66. The third-order valence-corrected chi connectivity index (χ3v) is 12.8. The second-order valence-electron chi connectivity index (χ2n) is 12.0. The van der Waals surface area contributed by atoms with E-state index in [1.807, 2.05) is 6.08 Å². The Labute approximate surface area is 245 Å². The van der Waals surface area contributed by atoms with Crippen molar-refractivity contribution in [1.29, 1.82) is 0 Å². The highest BCUT2D eigenvalue weighted by atomic mass is 28.4. The molecule has 2 atom stereocenters. The molecule has 0 radical (unpaired) electrons. The second kappa shape index (κ2) is 17.6. The van der Waals surface area contributed by atoms with Gasteiger partial charge in [-0.1, -0.05) is 126 Å². The largest absolute Gasteiger partial charge is 0.407 e. The van der Waals surface area contributed by atoms with Gasteiger partial charge in [-0.2, -0.15) is 0 Å². The fraction of sp³-hybridized carbons (Fsp3) is 0.556. The average molecular weight is 561 g/mol. The minimum Gasteiger partial charge on any atom is -0.407 e. The molecule has 2 aromatic rings. The summed E-state index contributed by atoms with van der Waals surface area (Å²) in [6.45, 7) is 10.8. The summed E-state index contributed by atoms with van der Waals surface area (Å²) in [7, 11) is -2.43. The van der Waals surface area contributed by atoms with Crippen LogP contribution in [0.5, 0.6) is 0 Å².